The number of anilines is 1. The summed E-state index contributed by atoms with van der Waals surface area (Å²) >= 11 is 0. The van der Waals surface area contributed by atoms with Gasteiger partial charge in [-0.2, -0.15) is 30.7 Å². The predicted octanol–water partition coefficient (Wildman–Crippen LogP) is 17.9. The number of nitriles is 4. The van der Waals surface area contributed by atoms with E-state index in [2.05, 4.69) is 123 Å². The van der Waals surface area contributed by atoms with E-state index < -0.39 is 65.5 Å². The Hall–Kier alpha value is -18.4. The molecule has 47 heteroatoms. The normalized spacial score (nSPS) is 11.4. The number of nitrogens with zero attached hydrogens (tertiary/aromatic N) is 23. The second-order valence-electron chi connectivity index (χ2n) is 31.8. The summed E-state index contributed by atoms with van der Waals surface area (Å²) in [6, 6.07) is 54.0. The number of hydrogen-bond acceptors (Lipinski definition) is 35. The van der Waals surface area contributed by atoms with Crippen LogP contribution in [0.3, 0.4) is 0 Å². The van der Waals surface area contributed by atoms with Gasteiger partial charge in [0.15, 0.2) is 22.7 Å². The SMILES string of the molecule is C=CCn1c(O)c(N=Nc2cc([N+](=O)[O-])ccc2O)c(C)c(C#N)c1=O.CCCCn1c(O)c(N=Nc2cc([N+](=O)[O-])ccc2O)c(C)c(C#N)c1=O.CC[NH+](CC)CC.COc1ccc(N(C)/N=C/C2=[N+](C)c3ccccc3C2(C)C)cc1.Cc1c(N=Nc2cc([N+](=O)[O-])ccc2O)c(O)n(Cc2ccccc2)c(=O)c1C#N.Cc1c(N=Nc2cc([N+](=O)[O-])ccc2O)c(O)n(Cc2ccccc2)c(=O)c1C#N.[Co].[Co]. The first kappa shape index (κ1) is 116. The van der Waals surface area contributed by atoms with E-state index in [0.29, 0.717) is 17.5 Å². The van der Waals surface area contributed by atoms with Crippen LogP contribution in [0.25, 0.3) is 0 Å². The summed E-state index contributed by atoms with van der Waals surface area (Å²) in [5, 5.41) is 199. The molecule has 0 spiro atoms. The van der Waals surface area contributed by atoms with Gasteiger partial charge in [-0.05, 0) is 128 Å². The maximum Gasteiger partial charge on any atom is 0.271 e. The molecule has 5 heterocycles. The number of nitrogens with one attached hydrogen (secondary N) is 1. The molecule has 146 heavy (non-hydrogen) atoms. The molecule has 12 aromatic rings. The summed E-state index contributed by atoms with van der Waals surface area (Å²) in [5.41, 5.74) is 0.331. The van der Waals surface area contributed by atoms with Gasteiger partial charge in [0.2, 0.25) is 34.9 Å². The number of methoxy groups -OCH3 is 1. The number of nitro benzene ring substituents is 4. The maximum absolute atomic E-state index is 12.6. The second-order valence-corrected chi connectivity index (χ2v) is 31.8. The average Bonchev–Trinajstić information content (AvgIpc) is 1.59. The minimum absolute atomic E-state index is 0. The molecule has 9 N–H and O–H groups in total. The van der Waals surface area contributed by atoms with Crippen LogP contribution in [-0.2, 0) is 65.2 Å². The molecule has 0 bridgehead atoms. The van der Waals surface area contributed by atoms with E-state index in [0.717, 1.165) is 109 Å². The number of hydrogen-bond donors (Lipinski definition) is 9. The van der Waals surface area contributed by atoms with E-state index in [1.165, 1.54) is 70.4 Å². The van der Waals surface area contributed by atoms with Crippen molar-refractivity contribution in [3.05, 3.63) is 338 Å². The number of ether oxygens (including phenoxy) is 1. The minimum atomic E-state index is -0.709. The number of para-hydroxylation sites is 1. The number of nitro groups is 4. The predicted molar refractivity (Wildman–Crippen MR) is 532 cm³/mol. The van der Waals surface area contributed by atoms with Gasteiger partial charge in [-0.25, -0.2) is 0 Å². The van der Waals surface area contributed by atoms with Gasteiger partial charge in [0.1, 0.15) is 111 Å². The Morgan fingerprint density at radius 3 is 1.06 bits per heavy atom. The zero-order valence-corrected chi connectivity index (χ0v) is 83.0. The number of allylic oxidation sites excluding steroid dienone is 1. The summed E-state index contributed by atoms with van der Waals surface area (Å²) in [5.74, 6) is -2.63. The summed E-state index contributed by atoms with van der Waals surface area (Å²) in [7, 11) is 5.72. The number of fused-ring (bicyclic) bond motifs is 1. The van der Waals surface area contributed by atoms with Crippen LogP contribution in [0.2, 0.25) is 0 Å². The van der Waals surface area contributed by atoms with E-state index in [9.17, 15) is 122 Å². The molecule has 45 nitrogen and oxygen atoms in total. The molecule has 0 unspecified atom stereocenters. The fourth-order valence-corrected chi connectivity index (χ4v) is 14.1. The van der Waals surface area contributed by atoms with Gasteiger partial charge in [0, 0.05) is 136 Å². The van der Waals surface area contributed by atoms with Gasteiger partial charge in [0.05, 0.1) is 70.6 Å². The van der Waals surface area contributed by atoms with Gasteiger partial charge < -0.3 is 50.5 Å². The van der Waals surface area contributed by atoms with Crippen LogP contribution in [0, 0.1) is 113 Å². The summed E-state index contributed by atoms with van der Waals surface area (Å²) in [6.07, 6.45) is 4.68. The van der Waals surface area contributed by atoms with Crippen LogP contribution in [-0.4, -0.2) is 136 Å². The summed E-state index contributed by atoms with van der Waals surface area (Å²) in [6.45, 7) is 26.1. The molecule has 0 aliphatic carbocycles. The third-order valence-corrected chi connectivity index (χ3v) is 22.4. The van der Waals surface area contributed by atoms with E-state index in [4.69, 9.17) is 4.74 Å². The number of hydrazone groups is 1. The molecule has 0 fully saturated rings. The molecule has 8 aromatic carbocycles. The van der Waals surface area contributed by atoms with Crippen molar-refractivity contribution in [2.75, 3.05) is 45.8 Å². The number of unbranched alkanes of at least 4 members (excludes halogenated alkanes) is 1. The Balaban J connectivity index is 0.000000274. The fourth-order valence-electron chi connectivity index (χ4n) is 14.1. The molecule has 2 radical (unpaired) electrons. The number of aromatic nitrogens is 4. The van der Waals surface area contributed by atoms with Crippen LogP contribution in [0.15, 0.2) is 260 Å². The smallest absolute Gasteiger partial charge is 0.271 e. The first-order valence-electron chi connectivity index (χ1n) is 43.8. The molecule has 1 aliphatic heterocycles. The van der Waals surface area contributed by atoms with Crippen LogP contribution >= 0.6 is 0 Å². The molecule has 1 aliphatic rings. The van der Waals surface area contributed by atoms with Gasteiger partial charge in [0.25, 0.3) is 45.0 Å². The molecular weight excluding hydrogens is 1980 g/mol. The largest absolute Gasteiger partial charge is 0.506 e. The van der Waals surface area contributed by atoms with Gasteiger partial charge in [-0.1, -0.05) is 98.3 Å². The molecule has 0 amide bonds. The van der Waals surface area contributed by atoms with E-state index in [-0.39, 0.29) is 201 Å². The number of rotatable bonds is 28. The van der Waals surface area contributed by atoms with Crippen molar-refractivity contribution in [3.8, 4) is 76.5 Å². The maximum atomic E-state index is 12.6. The first-order chi connectivity index (χ1) is 68.6. The van der Waals surface area contributed by atoms with Gasteiger partial charge >= 0.3 is 0 Å². The molecule has 4 aromatic heterocycles. The number of benzene rings is 8. The summed E-state index contributed by atoms with van der Waals surface area (Å²) in [4.78, 5) is 92.4. The number of azo groups is 4. The zero-order valence-electron chi connectivity index (χ0n) is 80.9. The van der Waals surface area contributed by atoms with Crippen molar-refractivity contribution in [2.24, 2.45) is 46.0 Å². The number of phenolic OH excluding ortho intramolecular Hbond substituents is 4. The van der Waals surface area contributed by atoms with Crippen LogP contribution < -0.4 is 36.9 Å². The third-order valence-electron chi connectivity index (χ3n) is 22.4. The quantitative estimate of drug-likeness (QED) is 0.00549. The monoisotopic (exact) mass is 2080 g/mol. The molecule has 0 atom stereocenters. The Bertz CT molecular complexity index is 7320. The third kappa shape index (κ3) is 28.3. The van der Waals surface area contributed by atoms with Gasteiger partial charge in [-0.3, -0.25) is 82.9 Å². The minimum Gasteiger partial charge on any atom is -0.506 e. The average molecular weight is 2080 g/mol. The van der Waals surface area contributed by atoms with Crippen molar-refractivity contribution in [3.63, 3.8) is 0 Å². The number of phenols is 4. The van der Waals surface area contributed by atoms with Crippen LogP contribution in [0.4, 0.5) is 79.6 Å². The van der Waals surface area contributed by atoms with Crippen molar-refractivity contribution in [2.45, 2.75) is 114 Å². The van der Waals surface area contributed by atoms with Crippen molar-refractivity contribution in [1.82, 2.24) is 18.3 Å². The molecule has 0 saturated carbocycles. The Morgan fingerprint density at radius 2 is 0.767 bits per heavy atom. The van der Waals surface area contributed by atoms with Gasteiger partial charge in [-0.15, -0.1) is 47.5 Å². The Kier molecular flexibility index (Phi) is 42.9. The molecule has 758 valence electrons. The second kappa shape index (κ2) is 53.8. The molecule has 0 saturated heterocycles. The number of aromatic hydroxyl groups is 8. The van der Waals surface area contributed by atoms with E-state index >= 15 is 0 Å². The topological polar surface area (TPSA) is 649 Å². The number of pyridine rings is 4. The van der Waals surface area contributed by atoms with Crippen molar-refractivity contribution in [1.29, 1.82) is 21.0 Å². The van der Waals surface area contributed by atoms with Crippen LogP contribution in [0.5, 0.6) is 52.3 Å². The summed E-state index contributed by atoms with van der Waals surface area (Å²) < 4.78 is 11.3. The Labute approximate surface area is 854 Å². The fraction of sp³-hybridized carbons (Fsp3) is 0.232. The van der Waals surface area contributed by atoms with Crippen molar-refractivity contribution >= 4 is 91.5 Å². The Morgan fingerprint density at radius 1 is 0.459 bits per heavy atom. The van der Waals surface area contributed by atoms with E-state index in [1.54, 1.807) is 97.0 Å². The molecule has 13 rings (SSSR count). The molecular formula is C99H100Co2N24O21+2. The number of quaternary nitrogens is 1. The standard InChI is InChI=1S/2C20H15N5O5.C20H24N3O.C17H17N5O5.C16H13N5O5.C6H15N.2Co/c2*1-12-15(10-21)19(27)24(11-13-5-3-2-4-6-13)20(28)18(12)23-22-16-9-14(25(29)30)7-8-17(16)26;1-20(2)17-8-6-7-9-18(17)22(3)19(20)14-21-23(4)15-10-12-16(24-5)13-11-15;1-3-4-7-21-16(24)12(9-18)10(2)15(17(21)25)20-19-13-8-11(22(26)27)5-6-14(13)23;1-3-6-20-15(23)11(8-17)9(2)14(16(20)24)19-18-12-7-10(21(25)26)4-5-13(12)22;1-4-7(5-2)6-3;;/h2*2-9,26,28H,11H2,1H3;6-14H,1-5H3;5-6,8,23,25H,3-4,7H2,1-2H3;3-5,7,22,24H,1,6H2,2H3;4-6H2,1-3H3;;/q;;+1;;;;;/p+1. The first-order valence-corrected chi connectivity index (χ1v) is 43.8. The van der Waals surface area contributed by atoms with Crippen molar-refractivity contribution < 1.29 is 108 Å². The van der Waals surface area contributed by atoms with E-state index in [1.807, 2.05) is 49.5 Å². The van der Waals surface area contributed by atoms with Crippen LogP contribution in [0.1, 0.15) is 116 Å². The number of non-ortho nitro benzene ring substituents is 4. The zero-order chi connectivity index (χ0) is 106.